The van der Waals surface area contributed by atoms with E-state index >= 15 is 0 Å². The van der Waals surface area contributed by atoms with Crippen molar-refractivity contribution in [1.82, 2.24) is 5.32 Å². The van der Waals surface area contributed by atoms with E-state index in [0.29, 0.717) is 0 Å². The summed E-state index contributed by atoms with van der Waals surface area (Å²) in [5.41, 5.74) is 0.869. The van der Waals surface area contributed by atoms with Gasteiger partial charge in [-0.15, -0.1) is 6.42 Å². The lowest BCUT2D eigenvalue weighted by Gasteiger charge is -2.12. The highest BCUT2D eigenvalue weighted by molar-refractivity contribution is 5.74. The summed E-state index contributed by atoms with van der Waals surface area (Å²) in [5, 5.41) is 2.67. The number of terminal acetylenes is 1. The summed E-state index contributed by atoms with van der Waals surface area (Å²) in [7, 11) is 1.60. The minimum Gasteiger partial charge on any atom is -0.497 e. The number of nitrogens with one attached hydrogen (secondary N) is 1. The third-order valence-electron chi connectivity index (χ3n) is 1.96. The van der Waals surface area contributed by atoms with Crippen LogP contribution in [-0.2, 0) is 4.79 Å². The van der Waals surface area contributed by atoms with Crippen LogP contribution in [-0.4, -0.2) is 13.0 Å². The second-order valence-corrected chi connectivity index (χ2v) is 3.07. The van der Waals surface area contributed by atoms with Gasteiger partial charge in [-0.05, 0) is 17.7 Å². The summed E-state index contributed by atoms with van der Waals surface area (Å²) in [6.07, 6.45) is 5.33. The maximum atomic E-state index is 10.9. The Bertz CT molecular complexity index is 376. The zero-order valence-corrected chi connectivity index (χ0v) is 8.78. The Morgan fingerprint density at radius 3 is 2.47 bits per heavy atom. The lowest BCUT2D eigenvalue weighted by molar-refractivity contribution is -0.119. The van der Waals surface area contributed by atoms with Crippen LogP contribution in [0, 0.1) is 12.3 Å². The smallest absolute Gasteiger partial charge is 0.218 e. The molecule has 0 fully saturated rings. The summed E-state index contributed by atoms with van der Waals surface area (Å²) in [5.74, 6) is 3.13. The molecule has 0 aliphatic carbocycles. The van der Waals surface area contributed by atoms with E-state index in [1.54, 1.807) is 7.11 Å². The Balaban J connectivity index is 2.84. The van der Waals surface area contributed by atoms with Crippen molar-refractivity contribution >= 4 is 5.91 Å². The third kappa shape index (κ3) is 3.03. The quantitative estimate of drug-likeness (QED) is 0.756. The van der Waals surface area contributed by atoms with E-state index in [9.17, 15) is 4.79 Å². The molecule has 3 heteroatoms. The molecule has 0 saturated carbocycles. The number of benzene rings is 1. The number of carbonyl (C=O) groups excluding carboxylic acids is 1. The zero-order chi connectivity index (χ0) is 11.3. The van der Waals surface area contributed by atoms with Crippen molar-refractivity contribution in [2.75, 3.05) is 7.11 Å². The fourth-order valence-electron chi connectivity index (χ4n) is 1.22. The molecule has 1 unspecified atom stereocenters. The van der Waals surface area contributed by atoms with Crippen molar-refractivity contribution < 1.29 is 9.53 Å². The average molecular weight is 203 g/mol. The molecule has 1 amide bonds. The maximum absolute atomic E-state index is 10.9. The van der Waals surface area contributed by atoms with E-state index in [4.69, 9.17) is 11.2 Å². The van der Waals surface area contributed by atoms with Gasteiger partial charge in [0.05, 0.1) is 7.11 Å². The molecule has 1 aromatic carbocycles. The molecular weight excluding hydrogens is 190 g/mol. The molecule has 0 aliphatic heterocycles. The number of methoxy groups -OCH3 is 1. The van der Waals surface area contributed by atoms with Gasteiger partial charge < -0.3 is 10.1 Å². The Morgan fingerprint density at radius 2 is 2.07 bits per heavy atom. The highest BCUT2D eigenvalue weighted by atomic mass is 16.5. The normalized spacial score (nSPS) is 11.3. The molecule has 0 saturated heterocycles. The molecule has 3 nitrogen and oxygen atoms in total. The average Bonchev–Trinajstić information content (AvgIpc) is 2.26. The Labute approximate surface area is 89.4 Å². The Kier molecular flexibility index (Phi) is 3.75. The van der Waals surface area contributed by atoms with Crippen LogP contribution in [0.3, 0.4) is 0 Å². The Hall–Kier alpha value is -1.95. The van der Waals surface area contributed by atoms with Gasteiger partial charge in [-0.25, -0.2) is 0 Å². The van der Waals surface area contributed by atoms with Crippen LogP contribution >= 0.6 is 0 Å². The molecule has 0 spiro atoms. The van der Waals surface area contributed by atoms with Crippen molar-refractivity contribution in [3.63, 3.8) is 0 Å². The predicted octanol–water partition coefficient (Wildman–Crippen LogP) is 1.51. The van der Waals surface area contributed by atoms with E-state index in [-0.39, 0.29) is 11.9 Å². The van der Waals surface area contributed by atoms with Gasteiger partial charge in [-0.1, -0.05) is 18.1 Å². The molecule has 0 bridgehead atoms. The van der Waals surface area contributed by atoms with Crippen LogP contribution in [0.15, 0.2) is 24.3 Å². The second kappa shape index (κ2) is 5.06. The predicted molar refractivity (Wildman–Crippen MR) is 58.4 cm³/mol. The van der Waals surface area contributed by atoms with Crippen LogP contribution in [0.5, 0.6) is 5.75 Å². The molecule has 1 N–H and O–H groups in total. The monoisotopic (exact) mass is 203 g/mol. The van der Waals surface area contributed by atoms with E-state index in [1.165, 1.54) is 6.92 Å². The highest BCUT2D eigenvalue weighted by Gasteiger charge is 2.08. The fraction of sp³-hybridized carbons (Fsp3) is 0.250. The van der Waals surface area contributed by atoms with E-state index in [2.05, 4.69) is 11.2 Å². The maximum Gasteiger partial charge on any atom is 0.218 e. The highest BCUT2D eigenvalue weighted by Crippen LogP contribution is 2.16. The van der Waals surface area contributed by atoms with Crippen LogP contribution in [0.1, 0.15) is 18.5 Å². The first-order chi connectivity index (χ1) is 7.17. The standard InChI is InChI=1S/C12H13NO2/c1-4-12(13-9(2)14)10-5-7-11(15-3)8-6-10/h1,5-8,12H,2-3H3,(H,13,14). The van der Waals surface area contributed by atoms with Gasteiger partial charge in [0.1, 0.15) is 11.8 Å². The van der Waals surface area contributed by atoms with Crippen LogP contribution in [0.2, 0.25) is 0 Å². The molecule has 1 aromatic rings. The molecule has 0 aromatic heterocycles. The minimum absolute atomic E-state index is 0.145. The van der Waals surface area contributed by atoms with Gasteiger partial charge in [-0.2, -0.15) is 0 Å². The van der Waals surface area contributed by atoms with Gasteiger partial charge in [0.15, 0.2) is 0 Å². The van der Waals surface area contributed by atoms with Gasteiger partial charge in [0, 0.05) is 6.92 Å². The van der Waals surface area contributed by atoms with E-state index in [1.807, 2.05) is 24.3 Å². The molecular formula is C12H13NO2. The lowest BCUT2D eigenvalue weighted by atomic mass is 10.1. The van der Waals surface area contributed by atoms with Crippen LogP contribution in [0.25, 0.3) is 0 Å². The van der Waals surface area contributed by atoms with Gasteiger partial charge in [0.25, 0.3) is 0 Å². The molecule has 0 heterocycles. The first-order valence-corrected chi connectivity index (χ1v) is 4.54. The lowest BCUT2D eigenvalue weighted by Crippen LogP contribution is -2.24. The van der Waals surface area contributed by atoms with Gasteiger partial charge in [-0.3, -0.25) is 4.79 Å². The summed E-state index contributed by atoms with van der Waals surface area (Å²) in [4.78, 5) is 10.9. The van der Waals surface area contributed by atoms with E-state index < -0.39 is 0 Å². The van der Waals surface area contributed by atoms with Crippen molar-refractivity contribution in [2.45, 2.75) is 13.0 Å². The summed E-state index contributed by atoms with van der Waals surface area (Å²) < 4.78 is 5.02. The second-order valence-electron chi connectivity index (χ2n) is 3.07. The largest absolute Gasteiger partial charge is 0.497 e. The molecule has 0 aliphatic rings. The number of carbonyl (C=O) groups is 1. The molecule has 1 atom stereocenters. The number of amides is 1. The van der Waals surface area contributed by atoms with Crippen molar-refractivity contribution in [1.29, 1.82) is 0 Å². The topological polar surface area (TPSA) is 38.3 Å². The minimum atomic E-state index is -0.381. The van der Waals surface area contributed by atoms with Gasteiger partial charge in [0.2, 0.25) is 5.91 Å². The van der Waals surface area contributed by atoms with Crippen molar-refractivity contribution in [2.24, 2.45) is 0 Å². The summed E-state index contributed by atoms with van der Waals surface area (Å²) in [6, 6.07) is 6.90. The zero-order valence-electron chi connectivity index (χ0n) is 8.78. The van der Waals surface area contributed by atoms with E-state index in [0.717, 1.165) is 11.3 Å². The number of hydrogen-bond donors (Lipinski definition) is 1. The number of hydrogen-bond acceptors (Lipinski definition) is 2. The van der Waals surface area contributed by atoms with Crippen molar-refractivity contribution in [3.05, 3.63) is 29.8 Å². The molecule has 78 valence electrons. The molecule has 1 rings (SSSR count). The third-order valence-corrected chi connectivity index (χ3v) is 1.96. The van der Waals surface area contributed by atoms with Crippen LogP contribution in [0.4, 0.5) is 0 Å². The number of ether oxygens (including phenoxy) is 1. The first kappa shape index (κ1) is 11.1. The Morgan fingerprint density at radius 1 is 1.47 bits per heavy atom. The molecule has 15 heavy (non-hydrogen) atoms. The molecule has 0 radical (unpaired) electrons. The summed E-state index contributed by atoms with van der Waals surface area (Å²) >= 11 is 0. The fourth-order valence-corrected chi connectivity index (χ4v) is 1.22. The van der Waals surface area contributed by atoms with Gasteiger partial charge >= 0.3 is 0 Å². The van der Waals surface area contributed by atoms with Crippen molar-refractivity contribution in [3.8, 4) is 18.1 Å². The first-order valence-electron chi connectivity index (χ1n) is 4.54. The summed E-state index contributed by atoms with van der Waals surface area (Å²) in [6.45, 7) is 1.44. The SMILES string of the molecule is C#CC(NC(C)=O)c1ccc(OC)cc1. The number of rotatable bonds is 3. The van der Waals surface area contributed by atoms with Crippen LogP contribution < -0.4 is 10.1 Å².